The van der Waals surface area contributed by atoms with E-state index in [4.69, 9.17) is 14.2 Å². The normalized spacial score (nSPS) is 10.4. The average Bonchev–Trinajstić information content (AvgIpc) is 3.01. The number of carbonyl (C=O) groups excluding carboxylic acids is 2. The molecule has 0 fully saturated rings. The molecule has 2 rings (SSSR count). The van der Waals surface area contributed by atoms with E-state index in [1.807, 2.05) is 26.8 Å². The summed E-state index contributed by atoms with van der Waals surface area (Å²) in [5.74, 6) is 0.536. The lowest BCUT2D eigenvalue weighted by Gasteiger charge is -2.14. The highest BCUT2D eigenvalue weighted by Crippen LogP contribution is 2.35. The predicted octanol–water partition coefficient (Wildman–Crippen LogP) is 4.17. The fraction of sp³-hybridized carbons (Fsp3) is 0.429. The first kappa shape index (κ1) is 22.5. The molecule has 0 saturated carbocycles. The quantitative estimate of drug-likeness (QED) is 0.592. The van der Waals surface area contributed by atoms with Gasteiger partial charge in [-0.05, 0) is 44.4 Å². The van der Waals surface area contributed by atoms with Crippen molar-refractivity contribution in [1.29, 1.82) is 0 Å². The van der Waals surface area contributed by atoms with Crippen molar-refractivity contribution in [3.63, 3.8) is 0 Å². The van der Waals surface area contributed by atoms with Crippen molar-refractivity contribution in [3.8, 4) is 11.5 Å². The Morgan fingerprint density at radius 1 is 1.07 bits per heavy atom. The predicted molar refractivity (Wildman–Crippen MR) is 116 cm³/mol. The summed E-state index contributed by atoms with van der Waals surface area (Å²) in [5, 5.41) is 6.48. The zero-order valence-corrected chi connectivity index (χ0v) is 18.5. The van der Waals surface area contributed by atoms with Crippen LogP contribution in [0.2, 0.25) is 0 Å². The summed E-state index contributed by atoms with van der Waals surface area (Å²) in [7, 11) is 3.14. The molecular formula is C21H28N2O5S. The minimum absolute atomic E-state index is 0.0387. The Kier molecular flexibility index (Phi) is 7.90. The van der Waals surface area contributed by atoms with Crippen LogP contribution in [0.1, 0.15) is 40.2 Å². The maximum atomic E-state index is 12.5. The number of benzene rings is 1. The van der Waals surface area contributed by atoms with E-state index in [2.05, 4.69) is 10.6 Å². The van der Waals surface area contributed by atoms with Crippen molar-refractivity contribution in [2.24, 2.45) is 0 Å². The van der Waals surface area contributed by atoms with Crippen LogP contribution < -0.4 is 20.1 Å². The smallest absolute Gasteiger partial charge is 0.341 e. The van der Waals surface area contributed by atoms with Crippen molar-refractivity contribution in [3.05, 3.63) is 33.7 Å². The Morgan fingerprint density at radius 2 is 1.72 bits per heavy atom. The van der Waals surface area contributed by atoms with Gasteiger partial charge in [0.2, 0.25) is 5.91 Å². The molecule has 0 aliphatic heterocycles. The van der Waals surface area contributed by atoms with Gasteiger partial charge >= 0.3 is 5.97 Å². The van der Waals surface area contributed by atoms with Crippen LogP contribution in [0.4, 0.5) is 10.7 Å². The van der Waals surface area contributed by atoms with Crippen molar-refractivity contribution in [1.82, 2.24) is 0 Å². The Bertz CT molecular complexity index is 892. The molecule has 1 aromatic carbocycles. The summed E-state index contributed by atoms with van der Waals surface area (Å²) >= 11 is 1.39. The number of esters is 1. The first-order valence-electron chi connectivity index (χ1n) is 9.41. The zero-order chi connectivity index (χ0) is 21.6. The molecule has 1 aromatic heterocycles. The van der Waals surface area contributed by atoms with E-state index < -0.39 is 5.97 Å². The van der Waals surface area contributed by atoms with Gasteiger partial charge in [-0.25, -0.2) is 4.79 Å². The Hall–Kier alpha value is -2.74. The maximum absolute atomic E-state index is 12.5. The van der Waals surface area contributed by atoms with Gasteiger partial charge in [0.25, 0.3) is 0 Å². The van der Waals surface area contributed by atoms with E-state index in [9.17, 15) is 9.59 Å². The van der Waals surface area contributed by atoms with Crippen LogP contribution in [0.25, 0.3) is 0 Å². The number of carbonyl (C=O) groups is 2. The molecule has 7 nitrogen and oxygen atoms in total. The van der Waals surface area contributed by atoms with Gasteiger partial charge in [0, 0.05) is 16.6 Å². The van der Waals surface area contributed by atoms with Gasteiger partial charge in [-0.3, -0.25) is 4.79 Å². The summed E-state index contributed by atoms with van der Waals surface area (Å²) in [6.45, 7) is 7.91. The molecule has 29 heavy (non-hydrogen) atoms. The highest BCUT2D eigenvalue weighted by molar-refractivity contribution is 7.16. The second-order valence-corrected chi connectivity index (χ2v) is 7.56. The molecule has 0 radical (unpaired) electrons. The van der Waals surface area contributed by atoms with E-state index in [1.165, 1.54) is 11.3 Å². The van der Waals surface area contributed by atoms with Gasteiger partial charge in [-0.15, -0.1) is 11.3 Å². The number of nitrogens with one attached hydrogen (secondary N) is 2. The lowest BCUT2D eigenvalue weighted by molar-refractivity contribution is -0.114. The molecule has 0 spiro atoms. The summed E-state index contributed by atoms with van der Waals surface area (Å²) in [6, 6.07) is 3.63. The Balaban J connectivity index is 2.15. The molecule has 0 aliphatic rings. The molecule has 0 atom stereocenters. The van der Waals surface area contributed by atoms with E-state index in [0.717, 1.165) is 21.7 Å². The van der Waals surface area contributed by atoms with E-state index in [0.29, 0.717) is 28.5 Å². The number of amides is 1. The molecule has 2 N–H and O–H groups in total. The number of anilines is 2. The second kappa shape index (κ2) is 10.2. The third-order valence-corrected chi connectivity index (χ3v) is 5.53. The average molecular weight is 421 g/mol. The van der Waals surface area contributed by atoms with Crippen molar-refractivity contribution in [2.75, 3.05) is 38.0 Å². The van der Waals surface area contributed by atoms with Gasteiger partial charge in [0.05, 0.1) is 32.9 Å². The number of thiophene rings is 1. The van der Waals surface area contributed by atoms with Gasteiger partial charge in [0.15, 0.2) is 11.5 Å². The van der Waals surface area contributed by atoms with Crippen LogP contribution in [0.15, 0.2) is 12.1 Å². The zero-order valence-electron chi connectivity index (χ0n) is 17.7. The van der Waals surface area contributed by atoms with Crippen LogP contribution in [-0.4, -0.2) is 39.2 Å². The molecule has 0 saturated heterocycles. The van der Waals surface area contributed by atoms with E-state index >= 15 is 0 Å². The number of ether oxygens (including phenoxy) is 3. The first-order chi connectivity index (χ1) is 13.9. The van der Waals surface area contributed by atoms with E-state index in [-0.39, 0.29) is 19.1 Å². The van der Waals surface area contributed by atoms with Crippen LogP contribution in [-0.2, 0) is 16.0 Å². The molecule has 158 valence electrons. The van der Waals surface area contributed by atoms with Gasteiger partial charge in [0.1, 0.15) is 5.00 Å². The molecular weight excluding hydrogens is 392 g/mol. The summed E-state index contributed by atoms with van der Waals surface area (Å²) < 4.78 is 15.8. The van der Waals surface area contributed by atoms with Gasteiger partial charge in [-0.2, -0.15) is 0 Å². The largest absolute Gasteiger partial charge is 0.493 e. The molecule has 1 amide bonds. The summed E-state index contributed by atoms with van der Waals surface area (Å²) in [5.41, 5.74) is 3.04. The SMILES string of the molecule is CCOC(=O)c1c(NC(=O)CNc2cc(OC)c(OC)cc2C)sc(C)c1CC. The number of hydrogen-bond acceptors (Lipinski definition) is 7. The standard InChI is InChI=1S/C21H28N2O5S/c1-7-14-13(4)29-20(19(14)21(25)28-8-2)23-18(24)11-22-15-10-17(27-6)16(26-5)9-12(15)3/h9-10,22H,7-8,11H2,1-6H3,(H,23,24). The third-order valence-electron chi connectivity index (χ3n) is 4.46. The van der Waals surface area contributed by atoms with Crippen molar-refractivity contribution in [2.45, 2.75) is 34.1 Å². The van der Waals surface area contributed by atoms with Gasteiger partial charge in [-0.1, -0.05) is 6.92 Å². The molecule has 1 heterocycles. The van der Waals surface area contributed by atoms with Crippen LogP contribution in [0.5, 0.6) is 11.5 Å². The molecule has 0 unspecified atom stereocenters. The van der Waals surface area contributed by atoms with Crippen LogP contribution >= 0.6 is 11.3 Å². The minimum atomic E-state index is -0.410. The lowest BCUT2D eigenvalue weighted by atomic mass is 10.1. The monoisotopic (exact) mass is 420 g/mol. The molecule has 8 heteroatoms. The van der Waals surface area contributed by atoms with Crippen molar-refractivity contribution >= 4 is 33.9 Å². The number of hydrogen-bond donors (Lipinski definition) is 2. The minimum Gasteiger partial charge on any atom is -0.493 e. The highest BCUT2D eigenvalue weighted by atomic mass is 32.1. The summed E-state index contributed by atoms with van der Waals surface area (Å²) in [6.07, 6.45) is 0.690. The number of methoxy groups -OCH3 is 2. The topological polar surface area (TPSA) is 85.9 Å². The maximum Gasteiger partial charge on any atom is 0.341 e. The van der Waals surface area contributed by atoms with E-state index in [1.54, 1.807) is 27.2 Å². The number of aryl methyl sites for hydroxylation is 2. The van der Waals surface area contributed by atoms with Crippen LogP contribution in [0.3, 0.4) is 0 Å². The third kappa shape index (κ3) is 5.20. The highest BCUT2D eigenvalue weighted by Gasteiger charge is 2.23. The number of rotatable bonds is 9. The fourth-order valence-electron chi connectivity index (χ4n) is 3.03. The second-order valence-electron chi connectivity index (χ2n) is 6.34. The molecule has 0 bridgehead atoms. The van der Waals surface area contributed by atoms with Gasteiger partial charge < -0.3 is 24.8 Å². The fourth-order valence-corrected chi connectivity index (χ4v) is 4.18. The summed E-state index contributed by atoms with van der Waals surface area (Å²) in [4.78, 5) is 25.9. The molecule has 0 aliphatic carbocycles. The Morgan fingerprint density at radius 3 is 2.31 bits per heavy atom. The van der Waals surface area contributed by atoms with Crippen LogP contribution in [0, 0.1) is 13.8 Å². The molecule has 2 aromatic rings. The first-order valence-corrected chi connectivity index (χ1v) is 10.2. The van der Waals surface area contributed by atoms with Crippen molar-refractivity contribution < 1.29 is 23.8 Å². The lowest BCUT2D eigenvalue weighted by Crippen LogP contribution is -2.23. The Labute approximate surface area is 175 Å².